The lowest BCUT2D eigenvalue weighted by molar-refractivity contribution is 0.628. The molecule has 9 aromatic rings. The van der Waals surface area contributed by atoms with Gasteiger partial charge in [0, 0.05) is 38.6 Å². The van der Waals surface area contributed by atoms with E-state index in [1.807, 2.05) is 18.2 Å². The molecule has 9 rings (SSSR count). The van der Waals surface area contributed by atoms with Gasteiger partial charge in [0.25, 0.3) is 0 Å². The van der Waals surface area contributed by atoms with E-state index in [4.69, 9.17) is 0 Å². The van der Waals surface area contributed by atoms with Crippen molar-refractivity contribution in [1.82, 2.24) is 9.13 Å². The van der Waals surface area contributed by atoms with Gasteiger partial charge in [-0.15, -0.1) is 0 Å². The zero-order valence-electron chi connectivity index (χ0n) is 24.9. The molecule has 0 aliphatic heterocycles. The van der Waals surface area contributed by atoms with Crippen LogP contribution in [0.25, 0.3) is 55.0 Å². The van der Waals surface area contributed by atoms with Crippen LogP contribution in [-0.2, 0) is 0 Å². The lowest BCUT2D eigenvalue weighted by Crippen LogP contribution is -2.11. The zero-order valence-corrected chi connectivity index (χ0v) is 24.9. The molecule has 0 radical (unpaired) electrons. The summed E-state index contributed by atoms with van der Waals surface area (Å²) in [6, 6.07) is 57.8. The first kappa shape index (κ1) is 26.3. The number of hydrogen-bond donors (Lipinski definition) is 0. The van der Waals surface area contributed by atoms with Crippen molar-refractivity contribution in [1.29, 1.82) is 0 Å². The lowest BCUT2D eigenvalue weighted by Gasteiger charge is -2.27. The van der Waals surface area contributed by atoms with Crippen molar-refractivity contribution in [3.63, 3.8) is 0 Å². The third-order valence-corrected chi connectivity index (χ3v) is 8.93. The summed E-state index contributed by atoms with van der Waals surface area (Å²) in [6.45, 7) is 0. The van der Waals surface area contributed by atoms with Crippen LogP contribution in [0.2, 0.25) is 0 Å². The minimum Gasteiger partial charge on any atom is -0.309 e. The predicted octanol–water partition coefficient (Wildman–Crippen LogP) is 11.5. The van der Waals surface area contributed by atoms with Crippen molar-refractivity contribution in [2.45, 2.75) is 0 Å². The second-order valence-corrected chi connectivity index (χ2v) is 11.5. The maximum absolute atomic E-state index is 15.1. The first-order valence-corrected chi connectivity index (χ1v) is 15.5. The first-order chi connectivity index (χ1) is 22.8. The second kappa shape index (κ2) is 10.5. The highest BCUT2D eigenvalue weighted by Gasteiger charge is 2.24. The van der Waals surface area contributed by atoms with Gasteiger partial charge in [0.15, 0.2) is 0 Å². The van der Waals surface area contributed by atoms with E-state index in [9.17, 15) is 0 Å². The van der Waals surface area contributed by atoms with E-state index in [1.54, 1.807) is 12.1 Å². The Morgan fingerprint density at radius 2 is 0.826 bits per heavy atom. The minimum absolute atomic E-state index is 0.278. The Hall–Kier alpha value is -6.13. The summed E-state index contributed by atoms with van der Waals surface area (Å²) in [5.74, 6) is -0.278. The molecule has 0 fully saturated rings. The van der Waals surface area contributed by atoms with Crippen molar-refractivity contribution >= 4 is 60.7 Å². The van der Waals surface area contributed by atoms with Gasteiger partial charge < -0.3 is 14.0 Å². The second-order valence-electron chi connectivity index (χ2n) is 11.5. The third-order valence-electron chi connectivity index (χ3n) is 8.93. The van der Waals surface area contributed by atoms with Gasteiger partial charge in [0.2, 0.25) is 0 Å². The summed E-state index contributed by atoms with van der Waals surface area (Å²) in [7, 11) is 0. The van der Waals surface area contributed by atoms with Crippen molar-refractivity contribution in [3.05, 3.63) is 176 Å². The van der Waals surface area contributed by atoms with E-state index in [1.165, 1.54) is 6.07 Å². The molecular formula is C42H28FN3. The molecule has 0 bridgehead atoms. The highest BCUT2D eigenvalue weighted by Crippen LogP contribution is 2.47. The van der Waals surface area contributed by atoms with Gasteiger partial charge in [0.05, 0.1) is 33.4 Å². The van der Waals surface area contributed by atoms with Gasteiger partial charge in [-0.25, -0.2) is 4.39 Å². The van der Waals surface area contributed by atoms with Gasteiger partial charge in [-0.1, -0.05) is 91.0 Å². The molecule has 0 spiro atoms. The number of halogens is 1. The van der Waals surface area contributed by atoms with Gasteiger partial charge in [-0.05, 0) is 78.9 Å². The molecule has 7 aromatic carbocycles. The smallest absolute Gasteiger partial charge is 0.125 e. The molecule has 0 aliphatic rings. The Kier molecular flexibility index (Phi) is 6.00. The Labute approximate surface area is 265 Å². The van der Waals surface area contributed by atoms with E-state index in [0.29, 0.717) is 0 Å². The number of para-hydroxylation sites is 4. The number of hydrogen-bond acceptors (Lipinski definition) is 1. The molecule has 0 atom stereocenters. The summed E-state index contributed by atoms with van der Waals surface area (Å²) in [5.41, 5.74) is 9.33. The maximum atomic E-state index is 15.1. The fourth-order valence-corrected chi connectivity index (χ4v) is 7.11. The van der Waals surface area contributed by atoms with E-state index >= 15 is 4.39 Å². The standard InChI is InChI=1S/C42H28FN3/c43-29-14-11-19-32(28-29)46(39-26-12-24-37-41(39)33-20-7-9-22-35(33)44(37)30-15-3-1-4-16-30)40-27-13-25-38-42(40)34-21-8-10-23-36(34)45(38)31-17-5-2-6-18-31/h1-28H. The molecule has 3 nitrogen and oxygen atoms in total. The molecule has 46 heavy (non-hydrogen) atoms. The highest BCUT2D eigenvalue weighted by molar-refractivity contribution is 6.20. The SMILES string of the molecule is Fc1cccc(N(c2cccc3c2c2ccccc2n3-c2ccccc2)c2cccc3c2c2ccccc2n3-c2ccccc2)c1. The molecule has 0 aliphatic carbocycles. The van der Waals surface area contributed by atoms with E-state index < -0.39 is 0 Å². The molecule has 4 heteroatoms. The molecule has 0 amide bonds. The van der Waals surface area contributed by atoms with Crippen LogP contribution in [0.3, 0.4) is 0 Å². The van der Waals surface area contributed by atoms with Crippen molar-refractivity contribution in [2.24, 2.45) is 0 Å². The number of benzene rings is 7. The Morgan fingerprint density at radius 3 is 1.33 bits per heavy atom. The van der Waals surface area contributed by atoms with Crippen LogP contribution in [0.15, 0.2) is 170 Å². The van der Waals surface area contributed by atoms with E-state index in [0.717, 1.165) is 72.0 Å². The quantitative estimate of drug-likeness (QED) is 0.193. The van der Waals surface area contributed by atoms with E-state index in [-0.39, 0.29) is 5.82 Å². The molecular weight excluding hydrogens is 565 g/mol. The van der Waals surface area contributed by atoms with Gasteiger partial charge in [0.1, 0.15) is 5.82 Å². The molecule has 2 aromatic heterocycles. The number of aromatic nitrogens is 2. The number of rotatable bonds is 5. The summed E-state index contributed by atoms with van der Waals surface area (Å²) in [6.07, 6.45) is 0. The maximum Gasteiger partial charge on any atom is 0.125 e. The summed E-state index contributed by atoms with van der Waals surface area (Å²) in [4.78, 5) is 2.23. The molecule has 2 heterocycles. The number of nitrogens with zero attached hydrogens (tertiary/aromatic N) is 3. The Bertz CT molecular complexity index is 2390. The average molecular weight is 594 g/mol. The van der Waals surface area contributed by atoms with Gasteiger partial charge >= 0.3 is 0 Å². The molecule has 0 saturated carbocycles. The molecule has 0 saturated heterocycles. The summed E-state index contributed by atoms with van der Waals surface area (Å²) >= 11 is 0. The highest BCUT2D eigenvalue weighted by atomic mass is 19.1. The normalized spacial score (nSPS) is 11.6. The van der Waals surface area contributed by atoms with Crippen LogP contribution < -0.4 is 4.90 Å². The summed E-state index contributed by atoms with van der Waals surface area (Å²) in [5, 5.41) is 4.49. The molecule has 0 N–H and O–H groups in total. The van der Waals surface area contributed by atoms with E-state index in [2.05, 4.69) is 147 Å². The monoisotopic (exact) mass is 593 g/mol. The average Bonchev–Trinajstić information content (AvgIpc) is 3.63. The van der Waals surface area contributed by atoms with Crippen molar-refractivity contribution in [2.75, 3.05) is 4.90 Å². The van der Waals surface area contributed by atoms with Crippen LogP contribution >= 0.6 is 0 Å². The minimum atomic E-state index is -0.278. The topological polar surface area (TPSA) is 13.1 Å². The Balaban J connectivity index is 1.42. The largest absolute Gasteiger partial charge is 0.309 e. The number of anilines is 3. The van der Waals surface area contributed by atoms with Crippen LogP contribution in [0, 0.1) is 5.82 Å². The fraction of sp³-hybridized carbons (Fsp3) is 0. The zero-order chi connectivity index (χ0) is 30.6. The van der Waals surface area contributed by atoms with Crippen molar-refractivity contribution < 1.29 is 4.39 Å². The van der Waals surface area contributed by atoms with Gasteiger partial charge in [-0.2, -0.15) is 0 Å². The van der Waals surface area contributed by atoms with Crippen LogP contribution in [0.5, 0.6) is 0 Å². The summed E-state index contributed by atoms with van der Waals surface area (Å²) < 4.78 is 19.7. The number of fused-ring (bicyclic) bond motifs is 6. The van der Waals surface area contributed by atoms with Crippen LogP contribution in [-0.4, -0.2) is 9.13 Å². The Morgan fingerprint density at radius 1 is 0.391 bits per heavy atom. The fourth-order valence-electron chi connectivity index (χ4n) is 7.11. The predicted molar refractivity (Wildman–Crippen MR) is 190 cm³/mol. The molecule has 218 valence electrons. The van der Waals surface area contributed by atoms with Gasteiger partial charge in [-0.3, -0.25) is 0 Å². The van der Waals surface area contributed by atoms with Crippen molar-refractivity contribution in [3.8, 4) is 11.4 Å². The third kappa shape index (κ3) is 3.97. The van der Waals surface area contributed by atoms with Crippen LogP contribution in [0.4, 0.5) is 21.5 Å². The molecule has 0 unspecified atom stereocenters. The lowest BCUT2D eigenvalue weighted by atomic mass is 10.1. The van der Waals surface area contributed by atoms with Crippen LogP contribution in [0.1, 0.15) is 0 Å². The first-order valence-electron chi connectivity index (χ1n) is 15.5.